The summed E-state index contributed by atoms with van der Waals surface area (Å²) >= 11 is 1.76. The van der Waals surface area contributed by atoms with Crippen molar-refractivity contribution in [3.8, 4) is 0 Å². The van der Waals surface area contributed by atoms with Crippen molar-refractivity contribution in [1.29, 1.82) is 0 Å². The Balaban J connectivity index is 2.13. The average Bonchev–Trinajstić information content (AvgIpc) is 2.60. The van der Waals surface area contributed by atoms with E-state index in [1.165, 1.54) is 10.4 Å². The van der Waals surface area contributed by atoms with Crippen LogP contribution in [0.5, 0.6) is 0 Å². The maximum absolute atomic E-state index is 11.3. The second-order valence-corrected chi connectivity index (χ2v) is 5.30. The fourth-order valence-electron chi connectivity index (χ4n) is 2.24. The molecule has 0 bridgehead atoms. The van der Waals surface area contributed by atoms with E-state index < -0.39 is 0 Å². The first kappa shape index (κ1) is 12.5. The molecule has 1 aromatic heterocycles. The van der Waals surface area contributed by atoms with Gasteiger partial charge in [0, 0.05) is 37.5 Å². The first-order valence-electron chi connectivity index (χ1n) is 5.97. The Bertz CT molecular complexity index is 391. The largest absolute Gasteiger partial charge is 0.355 e. The van der Waals surface area contributed by atoms with Crippen LogP contribution in [0.4, 0.5) is 0 Å². The van der Waals surface area contributed by atoms with E-state index in [0.29, 0.717) is 13.0 Å². The molecule has 0 spiro atoms. The third kappa shape index (κ3) is 2.86. The van der Waals surface area contributed by atoms with Crippen LogP contribution in [0.1, 0.15) is 22.9 Å². The predicted octanol–water partition coefficient (Wildman–Crippen LogP) is 0.878. The highest BCUT2D eigenvalue weighted by atomic mass is 32.1. The molecule has 3 N–H and O–H groups in total. The Morgan fingerprint density at radius 2 is 2.41 bits per heavy atom. The molecule has 2 rings (SSSR count). The van der Waals surface area contributed by atoms with E-state index in [2.05, 4.69) is 28.6 Å². The number of nitrogens with zero attached hydrogens (tertiary/aromatic N) is 1. The number of amides is 1. The lowest BCUT2D eigenvalue weighted by molar-refractivity contribution is -0.120. The number of hydrogen-bond donors (Lipinski definition) is 2. The van der Waals surface area contributed by atoms with Gasteiger partial charge in [0.05, 0.1) is 6.04 Å². The lowest BCUT2D eigenvalue weighted by Gasteiger charge is -2.28. The van der Waals surface area contributed by atoms with Crippen molar-refractivity contribution in [3.63, 3.8) is 0 Å². The van der Waals surface area contributed by atoms with Crippen molar-refractivity contribution < 1.29 is 4.79 Å². The zero-order chi connectivity index (χ0) is 12.3. The third-order valence-corrected chi connectivity index (χ3v) is 4.34. The van der Waals surface area contributed by atoms with Crippen molar-refractivity contribution >= 4 is 17.2 Å². The van der Waals surface area contributed by atoms with Crippen LogP contribution in [0.25, 0.3) is 0 Å². The topological polar surface area (TPSA) is 58.4 Å². The van der Waals surface area contributed by atoms with Crippen LogP contribution in [0, 0.1) is 6.92 Å². The van der Waals surface area contributed by atoms with E-state index in [4.69, 9.17) is 5.73 Å². The second kappa shape index (κ2) is 5.62. The molecule has 0 radical (unpaired) electrons. The monoisotopic (exact) mass is 253 g/mol. The van der Waals surface area contributed by atoms with E-state index >= 15 is 0 Å². The Morgan fingerprint density at radius 1 is 1.59 bits per heavy atom. The van der Waals surface area contributed by atoms with Crippen LogP contribution < -0.4 is 11.1 Å². The van der Waals surface area contributed by atoms with Crippen LogP contribution in [-0.4, -0.2) is 37.0 Å². The molecule has 2 heterocycles. The first-order valence-corrected chi connectivity index (χ1v) is 6.85. The number of rotatable bonds is 3. The van der Waals surface area contributed by atoms with Crippen molar-refractivity contribution in [2.24, 2.45) is 5.73 Å². The van der Waals surface area contributed by atoms with E-state index in [1.54, 1.807) is 11.3 Å². The molecule has 1 aliphatic heterocycles. The molecule has 94 valence electrons. The summed E-state index contributed by atoms with van der Waals surface area (Å²) in [6.07, 6.45) is 0.570. The van der Waals surface area contributed by atoms with Gasteiger partial charge in [-0.2, -0.15) is 0 Å². The number of hydrogen-bond acceptors (Lipinski definition) is 4. The molecule has 1 saturated heterocycles. The summed E-state index contributed by atoms with van der Waals surface area (Å²) in [6, 6.07) is 2.38. The zero-order valence-electron chi connectivity index (χ0n) is 10.1. The van der Waals surface area contributed by atoms with E-state index in [1.807, 2.05) is 0 Å². The van der Waals surface area contributed by atoms with Crippen LogP contribution in [-0.2, 0) is 4.79 Å². The van der Waals surface area contributed by atoms with Crippen LogP contribution >= 0.6 is 11.3 Å². The molecular formula is C12H19N3OS. The Labute approximate surface area is 106 Å². The molecule has 17 heavy (non-hydrogen) atoms. The molecule has 0 saturated carbocycles. The molecule has 1 aliphatic rings. The minimum absolute atomic E-state index is 0.145. The zero-order valence-corrected chi connectivity index (χ0v) is 10.9. The second-order valence-electron chi connectivity index (χ2n) is 4.36. The maximum atomic E-state index is 11.3. The molecule has 1 aromatic rings. The van der Waals surface area contributed by atoms with Gasteiger partial charge >= 0.3 is 0 Å². The quantitative estimate of drug-likeness (QED) is 0.840. The number of nitrogens with two attached hydrogens (primary N) is 1. The van der Waals surface area contributed by atoms with E-state index in [9.17, 15) is 4.79 Å². The smallest absolute Gasteiger partial charge is 0.221 e. The van der Waals surface area contributed by atoms with Crippen molar-refractivity contribution in [3.05, 3.63) is 21.9 Å². The first-order chi connectivity index (χ1) is 8.22. The Kier molecular flexibility index (Phi) is 4.15. The Morgan fingerprint density at radius 3 is 3.06 bits per heavy atom. The highest BCUT2D eigenvalue weighted by Crippen LogP contribution is 2.28. The number of carbonyl (C=O) groups excluding carboxylic acids is 1. The fraction of sp³-hybridized carbons (Fsp3) is 0.583. The van der Waals surface area contributed by atoms with Crippen LogP contribution in [0.3, 0.4) is 0 Å². The fourth-order valence-corrected chi connectivity index (χ4v) is 3.32. The predicted molar refractivity (Wildman–Crippen MR) is 70.1 cm³/mol. The standard InChI is InChI=1S/C12H19N3OS/c1-9-3-7-17-12(9)10(8-13)15-5-2-11(16)14-4-6-15/h3,7,10H,2,4-6,8,13H2,1H3,(H,14,16). The molecule has 0 aliphatic carbocycles. The Hall–Kier alpha value is -0.910. The minimum atomic E-state index is 0.145. The molecule has 5 heteroatoms. The normalized spacial score (nSPS) is 19.8. The summed E-state index contributed by atoms with van der Waals surface area (Å²) in [5, 5.41) is 5.00. The number of carbonyl (C=O) groups is 1. The molecular weight excluding hydrogens is 234 g/mol. The molecule has 0 aromatic carbocycles. The van der Waals surface area contributed by atoms with Crippen molar-refractivity contribution in [2.45, 2.75) is 19.4 Å². The van der Waals surface area contributed by atoms with Gasteiger partial charge in [-0.15, -0.1) is 11.3 Å². The molecule has 4 nitrogen and oxygen atoms in total. The van der Waals surface area contributed by atoms with Gasteiger partial charge in [0.15, 0.2) is 0 Å². The molecule has 1 fully saturated rings. The van der Waals surface area contributed by atoms with Crippen molar-refractivity contribution in [2.75, 3.05) is 26.2 Å². The number of thiophene rings is 1. The van der Waals surface area contributed by atoms with E-state index in [-0.39, 0.29) is 11.9 Å². The van der Waals surface area contributed by atoms with Crippen LogP contribution in [0.15, 0.2) is 11.4 Å². The third-order valence-electron chi connectivity index (χ3n) is 3.22. The maximum Gasteiger partial charge on any atom is 0.221 e. The average molecular weight is 253 g/mol. The van der Waals surface area contributed by atoms with Gasteiger partial charge in [-0.1, -0.05) is 0 Å². The SMILES string of the molecule is Cc1ccsc1C(CN)N1CCNC(=O)CC1. The molecule has 1 atom stereocenters. The summed E-state index contributed by atoms with van der Waals surface area (Å²) in [6.45, 7) is 5.13. The summed E-state index contributed by atoms with van der Waals surface area (Å²) in [7, 11) is 0. The summed E-state index contributed by atoms with van der Waals surface area (Å²) < 4.78 is 0. The van der Waals surface area contributed by atoms with Gasteiger partial charge < -0.3 is 11.1 Å². The summed E-state index contributed by atoms with van der Waals surface area (Å²) in [4.78, 5) is 15.0. The van der Waals surface area contributed by atoms with E-state index in [0.717, 1.165) is 19.6 Å². The van der Waals surface area contributed by atoms with Gasteiger partial charge in [0.1, 0.15) is 0 Å². The lowest BCUT2D eigenvalue weighted by atomic mass is 10.1. The lowest BCUT2D eigenvalue weighted by Crippen LogP contribution is -2.36. The van der Waals surface area contributed by atoms with Crippen molar-refractivity contribution in [1.82, 2.24) is 10.2 Å². The van der Waals surface area contributed by atoms with Gasteiger partial charge in [0.2, 0.25) is 5.91 Å². The minimum Gasteiger partial charge on any atom is -0.355 e. The summed E-state index contributed by atoms with van der Waals surface area (Å²) in [5.74, 6) is 0.145. The summed E-state index contributed by atoms with van der Waals surface area (Å²) in [5.41, 5.74) is 7.21. The van der Waals surface area contributed by atoms with Gasteiger partial charge in [-0.25, -0.2) is 0 Å². The molecule has 1 unspecified atom stereocenters. The van der Waals surface area contributed by atoms with Crippen LogP contribution in [0.2, 0.25) is 0 Å². The highest BCUT2D eigenvalue weighted by molar-refractivity contribution is 7.10. The van der Waals surface area contributed by atoms with Gasteiger partial charge in [-0.3, -0.25) is 9.69 Å². The number of nitrogens with one attached hydrogen (secondary N) is 1. The molecule has 1 amide bonds. The highest BCUT2D eigenvalue weighted by Gasteiger charge is 2.23. The van der Waals surface area contributed by atoms with Gasteiger partial charge in [-0.05, 0) is 23.9 Å². The number of aryl methyl sites for hydroxylation is 1. The van der Waals surface area contributed by atoms with Gasteiger partial charge in [0.25, 0.3) is 0 Å².